The maximum atomic E-state index is 11.5. The van der Waals surface area contributed by atoms with Gasteiger partial charge < -0.3 is 15.5 Å². The highest BCUT2D eigenvalue weighted by Crippen LogP contribution is 1.95. The molecule has 0 atom stereocenters. The first-order chi connectivity index (χ1) is 7.67. The minimum atomic E-state index is -0.0409. The Morgan fingerprint density at radius 3 is 2.12 bits per heavy atom. The van der Waals surface area contributed by atoms with Gasteiger partial charge >= 0.3 is 6.03 Å². The minimum Gasteiger partial charge on any atom is -0.337 e. The quantitative estimate of drug-likeness (QED) is 0.667. The summed E-state index contributed by atoms with van der Waals surface area (Å²) in [5.41, 5.74) is 0. The first-order valence-corrected chi connectivity index (χ1v) is 6.44. The van der Waals surface area contributed by atoms with Crippen molar-refractivity contribution in [2.75, 3.05) is 26.2 Å². The van der Waals surface area contributed by atoms with Gasteiger partial charge in [0.05, 0.1) is 0 Å². The first kappa shape index (κ1) is 15.2. The largest absolute Gasteiger partial charge is 0.337 e. The number of nitrogens with one attached hydrogen (secondary N) is 2. The summed E-state index contributed by atoms with van der Waals surface area (Å²) in [7, 11) is 0. The zero-order valence-corrected chi connectivity index (χ0v) is 11.2. The van der Waals surface area contributed by atoms with Crippen LogP contribution in [-0.4, -0.2) is 43.2 Å². The van der Waals surface area contributed by atoms with Gasteiger partial charge in [-0.05, 0) is 25.9 Å². The van der Waals surface area contributed by atoms with Crippen LogP contribution in [0.25, 0.3) is 0 Å². The molecule has 0 aliphatic heterocycles. The molecule has 0 fully saturated rings. The Bertz CT molecular complexity index is 177. The molecule has 16 heavy (non-hydrogen) atoms. The van der Waals surface area contributed by atoms with Crippen LogP contribution in [0, 0.1) is 0 Å². The van der Waals surface area contributed by atoms with Gasteiger partial charge in [0.25, 0.3) is 0 Å². The van der Waals surface area contributed by atoms with Crippen LogP contribution in [0.3, 0.4) is 0 Å². The highest BCUT2D eigenvalue weighted by Gasteiger charge is 2.07. The van der Waals surface area contributed by atoms with Crippen molar-refractivity contribution in [2.24, 2.45) is 0 Å². The summed E-state index contributed by atoms with van der Waals surface area (Å²) in [5, 5.41) is 5.85. The van der Waals surface area contributed by atoms with Gasteiger partial charge in [0.15, 0.2) is 0 Å². The number of nitrogens with zero attached hydrogens (tertiary/aromatic N) is 1. The first-order valence-electron chi connectivity index (χ1n) is 6.44. The zero-order chi connectivity index (χ0) is 12.4. The Labute approximate surface area is 99.8 Å². The van der Waals surface area contributed by atoms with Crippen LogP contribution in [0.5, 0.6) is 0 Å². The predicted molar refractivity (Wildman–Crippen MR) is 68.7 cm³/mol. The van der Waals surface area contributed by atoms with Crippen molar-refractivity contribution >= 4 is 6.03 Å². The molecule has 0 saturated carbocycles. The molecule has 0 saturated heterocycles. The van der Waals surface area contributed by atoms with Gasteiger partial charge in [-0.1, -0.05) is 27.7 Å². The van der Waals surface area contributed by atoms with Crippen molar-refractivity contribution in [1.82, 2.24) is 15.5 Å². The molecule has 0 heterocycles. The van der Waals surface area contributed by atoms with Crippen LogP contribution >= 0.6 is 0 Å². The third kappa shape index (κ3) is 6.67. The van der Waals surface area contributed by atoms with Gasteiger partial charge in [-0.2, -0.15) is 0 Å². The molecule has 0 aliphatic rings. The number of carbonyl (C=O) groups excluding carboxylic acids is 1. The predicted octanol–water partition coefficient (Wildman–Crippen LogP) is 1.82. The topological polar surface area (TPSA) is 44.4 Å². The second-order valence-electron chi connectivity index (χ2n) is 3.94. The van der Waals surface area contributed by atoms with Crippen LogP contribution in [0.4, 0.5) is 4.79 Å². The lowest BCUT2D eigenvalue weighted by atomic mass is 10.2. The SMILES string of the molecule is CCC(CC)NC(=O)NCCN(CC)CC. The summed E-state index contributed by atoms with van der Waals surface area (Å²) in [6.45, 7) is 12.1. The lowest BCUT2D eigenvalue weighted by Crippen LogP contribution is -2.44. The molecular weight excluding hydrogens is 202 g/mol. The molecule has 0 aromatic heterocycles. The van der Waals surface area contributed by atoms with E-state index in [2.05, 4.69) is 43.2 Å². The van der Waals surface area contributed by atoms with E-state index in [9.17, 15) is 4.79 Å². The summed E-state index contributed by atoms with van der Waals surface area (Å²) in [5.74, 6) is 0. The number of urea groups is 1. The summed E-state index contributed by atoms with van der Waals surface area (Å²) < 4.78 is 0. The minimum absolute atomic E-state index is 0.0409. The maximum Gasteiger partial charge on any atom is 0.315 e. The number of hydrogen-bond donors (Lipinski definition) is 2. The van der Waals surface area contributed by atoms with Crippen LogP contribution in [0.15, 0.2) is 0 Å². The van der Waals surface area contributed by atoms with Crippen LogP contribution in [-0.2, 0) is 0 Å². The average molecular weight is 229 g/mol. The maximum absolute atomic E-state index is 11.5. The van der Waals surface area contributed by atoms with E-state index in [-0.39, 0.29) is 6.03 Å². The number of carbonyl (C=O) groups is 1. The van der Waals surface area contributed by atoms with E-state index >= 15 is 0 Å². The van der Waals surface area contributed by atoms with E-state index in [0.717, 1.165) is 32.5 Å². The van der Waals surface area contributed by atoms with Gasteiger partial charge in [0, 0.05) is 19.1 Å². The number of rotatable bonds is 8. The van der Waals surface area contributed by atoms with Gasteiger partial charge in [0.2, 0.25) is 0 Å². The van der Waals surface area contributed by atoms with Crippen LogP contribution < -0.4 is 10.6 Å². The summed E-state index contributed by atoms with van der Waals surface area (Å²) in [6, 6.07) is 0.259. The molecule has 0 spiro atoms. The van der Waals surface area contributed by atoms with Crippen molar-refractivity contribution in [3.63, 3.8) is 0 Å². The molecule has 0 aromatic carbocycles. The van der Waals surface area contributed by atoms with Crippen molar-refractivity contribution in [3.05, 3.63) is 0 Å². The lowest BCUT2D eigenvalue weighted by molar-refractivity contribution is 0.232. The molecular formula is C12H27N3O. The Morgan fingerprint density at radius 1 is 1.12 bits per heavy atom. The molecule has 4 nitrogen and oxygen atoms in total. The molecule has 0 radical (unpaired) electrons. The molecule has 0 aliphatic carbocycles. The second-order valence-corrected chi connectivity index (χ2v) is 3.94. The van der Waals surface area contributed by atoms with Crippen LogP contribution in [0.1, 0.15) is 40.5 Å². The smallest absolute Gasteiger partial charge is 0.315 e. The van der Waals surface area contributed by atoms with Crippen molar-refractivity contribution in [2.45, 2.75) is 46.6 Å². The van der Waals surface area contributed by atoms with Crippen LogP contribution in [0.2, 0.25) is 0 Å². The molecule has 4 heteroatoms. The standard InChI is InChI=1S/C12H27N3O/c1-5-11(6-2)14-12(16)13-9-10-15(7-3)8-4/h11H,5-10H2,1-4H3,(H2,13,14,16). The number of hydrogen-bond acceptors (Lipinski definition) is 2. The van der Waals surface area contributed by atoms with E-state index in [4.69, 9.17) is 0 Å². The van der Waals surface area contributed by atoms with Crippen molar-refractivity contribution in [3.8, 4) is 0 Å². The highest BCUT2D eigenvalue weighted by molar-refractivity contribution is 5.74. The normalized spacial score (nSPS) is 10.9. The van der Waals surface area contributed by atoms with Gasteiger partial charge in [-0.25, -0.2) is 4.79 Å². The monoisotopic (exact) mass is 229 g/mol. The average Bonchev–Trinajstić information content (AvgIpc) is 2.31. The molecule has 0 rings (SSSR count). The Morgan fingerprint density at radius 2 is 1.69 bits per heavy atom. The second kappa shape index (κ2) is 9.46. The van der Waals surface area contributed by atoms with E-state index < -0.39 is 0 Å². The molecule has 0 unspecified atom stereocenters. The van der Waals surface area contributed by atoms with E-state index in [0.29, 0.717) is 12.6 Å². The molecule has 2 amide bonds. The third-order valence-corrected chi connectivity index (χ3v) is 2.93. The van der Waals surface area contributed by atoms with Gasteiger partial charge in [-0.15, -0.1) is 0 Å². The van der Waals surface area contributed by atoms with E-state index in [1.807, 2.05) is 0 Å². The lowest BCUT2D eigenvalue weighted by Gasteiger charge is -2.19. The third-order valence-electron chi connectivity index (χ3n) is 2.93. The Balaban J connectivity index is 3.64. The highest BCUT2D eigenvalue weighted by atomic mass is 16.2. The fraction of sp³-hybridized carbons (Fsp3) is 0.917. The Hall–Kier alpha value is -0.770. The molecule has 2 N–H and O–H groups in total. The molecule has 96 valence electrons. The van der Waals surface area contributed by atoms with Gasteiger partial charge in [0.1, 0.15) is 0 Å². The fourth-order valence-corrected chi connectivity index (χ4v) is 1.60. The Kier molecular flexibility index (Phi) is 9.00. The number of likely N-dealkylation sites (N-methyl/N-ethyl adjacent to an activating group) is 1. The molecule has 0 aromatic rings. The van der Waals surface area contributed by atoms with Gasteiger partial charge in [-0.3, -0.25) is 0 Å². The zero-order valence-electron chi connectivity index (χ0n) is 11.2. The molecule has 0 bridgehead atoms. The number of amides is 2. The fourth-order valence-electron chi connectivity index (χ4n) is 1.60. The summed E-state index contributed by atoms with van der Waals surface area (Å²) in [6.07, 6.45) is 1.97. The van der Waals surface area contributed by atoms with Crippen molar-refractivity contribution < 1.29 is 4.79 Å². The summed E-state index contributed by atoms with van der Waals surface area (Å²) >= 11 is 0. The van der Waals surface area contributed by atoms with E-state index in [1.165, 1.54) is 0 Å². The van der Waals surface area contributed by atoms with Crippen molar-refractivity contribution in [1.29, 1.82) is 0 Å². The summed E-state index contributed by atoms with van der Waals surface area (Å²) in [4.78, 5) is 13.8. The van der Waals surface area contributed by atoms with E-state index in [1.54, 1.807) is 0 Å².